The minimum absolute atomic E-state index is 0.0721. The van der Waals surface area contributed by atoms with Gasteiger partial charge in [0.2, 0.25) is 0 Å². The number of ether oxygens (including phenoxy) is 1. The van der Waals surface area contributed by atoms with Crippen LogP contribution in [-0.4, -0.2) is 26.5 Å². The second-order valence-corrected chi connectivity index (χ2v) is 5.81. The van der Waals surface area contributed by atoms with Crippen molar-refractivity contribution < 1.29 is 13.2 Å². The predicted octanol–water partition coefficient (Wildman–Crippen LogP) is 0.840. The van der Waals surface area contributed by atoms with Crippen LogP contribution < -0.4 is 5.73 Å². The van der Waals surface area contributed by atoms with Gasteiger partial charge in [-0.3, -0.25) is 0 Å². The molecule has 0 aliphatic carbocycles. The van der Waals surface area contributed by atoms with Crippen LogP contribution in [0.4, 0.5) is 0 Å². The quantitative estimate of drug-likeness (QED) is 0.794. The van der Waals surface area contributed by atoms with E-state index in [1.165, 1.54) is 7.11 Å². The van der Waals surface area contributed by atoms with Gasteiger partial charge in [-0.05, 0) is 11.6 Å². The Balaban J connectivity index is 2.90. The zero-order chi connectivity index (χ0) is 12.2. The van der Waals surface area contributed by atoms with Crippen molar-refractivity contribution in [2.45, 2.75) is 5.75 Å². The van der Waals surface area contributed by atoms with Gasteiger partial charge in [-0.2, -0.15) is 0 Å². The Morgan fingerprint density at radius 3 is 2.75 bits per heavy atom. The van der Waals surface area contributed by atoms with Gasteiger partial charge in [0.15, 0.2) is 9.84 Å². The van der Waals surface area contributed by atoms with Gasteiger partial charge in [-0.1, -0.05) is 30.4 Å². The Bertz CT molecular complexity index is 483. The summed E-state index contributed by atoms with van der Waals surface area (Å²) < 4.78 is 27.6. The molecular weight excluding hydrogens is 246 g/mol. The Morgan fingerprint density at radius 1 is 1.50 bits per heavy atom. The third-order valence-corrected chi connectivity index (χ3v) is 3.50. The van der Waals surface area contributed by atoms with Crippen LogP contribution in [0.2, 0.25) is 0 Å². The topological polar surface area (TPSA) is 69.4 Å². The summed E-state index contributed by atoms with van der Waals surface area (Å²) in [4.78, 5) is 0.256. The molecule has 0 bridgehead atoms. The average molecular weight is 259 g/mol. The van der Waals surface area contributed by atoms with E-state index < -0.39 is 9.84 Å². The number of thiocarbonyl (C=S) groups is 1. The zero-order valence-corrected chi connectivity index (χ0v) is 10.5. The fourth-order valence-corrected chi connectivity index (χ4v) is 2.55. The molecular formula is C10H13NO3S2. The lowest BCUT2D eigenvalue weighted by Crippen LogP contribution is -2.12. The van der Waals surface area contributed by atoms with Crippen molar-refractivity contribution >= 4 is 27.0 Å². The smallest absolute Gasteiger partial charge is 0.178 e. The largest absolute Gasteiger partial charge is 0.389 e. The van der Waals surface area contributed by atoms with Crippen LogP contribution in [0.15, 0.2) is 24.3 Å². The van der Waals surface area contributed by atoms with Crippen molar-refractivity contribution in [2.24, 2.45) is 5.73 Å². The number of methoxy groups -OCH3 is 1. The van der Waals surface area contributed by atoms with E-state index in [4.69, 9.17) is 18.0 Å². The molecule has 0 saturated heterocycles. The molecule has 0 aromatic heterocycles. The standard InChI is InChI=1S/C10H13NO3S2/c1-14-7-16(12,13)6-8-3-2-4-9(5-8)10(11)15/h2-5H,6-7H2,1H3,(H2,11,15). The monoisotopic (exact) mass is 259 g/mol. The first-order valence-corrected chi connectivity index (χ1v) is 6.75. The minimum atomic E-state index is -3.23. The van der Waals surface area contributed by atoms with Gasteiger partial charge >= 0.3 is 0 Å². The van der Waals surface area contributed by atoms with Gasteiger partial charge < -0.3 is 10.5 Å². The fourth-order valence-electron chi connectivity index (χ4n) is 1.29. The summed E-state index contributed by atoms with van der Waals surface area (Å²) in [6.07, 6.45) is 0. The molecule has 1 aromatic carbocycles. The maximum atomic E-state index is 11.5. The predicted molar refractivity (Wildman–Crippen MR) is 66.8 cm³/mol. The van der Waals surface area contributed by atoms with Crippen LogP contribution in [0.1, 0.15) is 11.1 Å². The van der Waals surface area contributed by atoms with E-state index in [9.17, 15) is 8.42 Å². The molecule has 0 saturated carbocycles. The first-order chi connectivity index (χ1) is 7.44. The van der Waals surface area contributed by atoms with Crippen LogP contribution in [0.5, 0.6) is 0 Å². The molecule has 1 rings (SSSR count). The molecule has 16 heavy (non-hydrogen) atoms. The second kappa shape index (κ2) is 5.38. The Kier molecular flexibility index (Phi) is 4.40. The summed E-state index contributed by atoms with van der Waals surface area (Å²) in [7, 11) is -1.88. The Labute approximate surface area is 100 Å². The maximum absolute atomic E-state index is 11.5. The highest BCUT2D eigenvalue weighted by molar-refractivity contribution is 7.90. The van der Waals surface area contributed by atoms with Crippen LogP contribution in [-0.2, 0) is 20.3 Å². The number of benzene rings is 1. The van der Waals surface area contributed by atoms with Gasteiger partial charge in [0, 0.05) is 12.7 Å². The van der Waals surface area contributed by atoms with Crippen molar-refractivity contribution in [3.8, 4) is 0 Å². The van der Waals surface area contributed by atoms with E-state index in [1.54, 1.807) is 24.3 Å². The van der Waals surface area contributed by atoms with Crippen LogP contribution in [0.3, 0.4) is 0 Å². The summed E-state index contributed by atoms with van der Waals surface area (Å²) in [6, 6.07) is 6.87. The van der Waals surface area contributed by atoms with Crippen molar-refractivity contribution in [1.29, 1.82) is 0 Å². The lowest BCUT2D eigenvalue weighted by atomic mass is 10.1. The molecule has 0 spiro atoms. The molecule has 6 heteroatoms. The summed E-state index contributed by atoms with van der Waals surface area (Å²) >= 11 is 4.82. The molecule has 0 atom stereocenters. The highest BCUT2D eigenvalue weighted by atomic mass is 32.2. The highest BCUT2D eigenvalue weighted by Crippen LogP contribution is 2.10. The van der Waals surface area contributed by atoms with E-state index in [2.05, 4.69) is 4.74 Å². The molecule has 0 fully saturated rings. The summed E-state index contributed by atoms with van der Waals surface area (Å²) in [5.41, 5.74) is 6.78. The summed E-state index contributed by atoms with van der Waals surface area (Å²) in [6.45, 7) is 0. The van der Waals surface area contributed by atoms with Gasteiger partial charge in [0.05, 0.1) is 5.75 Å². The molecule has 0 aliphatic heterocycles. The number of sulfone groups is 1. The minimum Gasteiger partial charge on any atom is -0.389 e. The third kappa shape index (κ3) is 3.88. The molecule has 88 valence electrons. The average Bonchev–Trinajstić information content (AvgIpc) is 2.17. The zero-order valence-electron chi connectivity index (χ0n) is 8.84. The summed E-state index contributed by atoms with van der Waals surface area (Å²) in [5.74, 6) is -0.360. The lowest BCUT2D eigenvalue weighted by molar-refractivity contribution is 0.249. The van der Waals surface area contributed by atoms with E-state index in [0.29, 0.717) is 11.1 Å². The molecule has 2 N–H and O–H groups in total. The van der Waals surface area contributed by atoms with E-state index in [-0.39, 0.29) is 16.7 Å². The number of hydrogen-bond donors (Lipinski definition) is 1. The molecule has 1 aromatic rings. The molecule has 0 amide bonds. The van der Waals surface area contributed by atoms with E-state index in [1.807, 2.05) is 0 Å². The van der Waals surface area contributed by atoms with Crippen molar-refractivity contribution in [1.82, 2.24) is 0 Å². The second-order valence-electron chi connectivity index (χ2n) is 3.36. The number of rotatable bonds is 5. The molecule has 0 aliphatic rings. The molecule has 0 unspecified atom stereocenters. The van der Waals surface area contributed by atoms with E-state index in [0.717, 1.165) is 0 Å². The first kappa shape index (κ1) is 13.1. The maximum Gasteiger partial charge on any atom is 0.178 e. The first-order valence-electron chi connectivity index (χ1n) is 4.53. The fraction of sp³-hybridized carbons (Fsp3) is 0.300. The molecule has 0 radical (unpaired) electrons. The van der Waals surface area contributed by atoms with Crippen LogP contribution in [0, 0.1) is 0 Å². The van der Waals surface area contributed by atoms with Crippen LogP contribution >= 0.6 is 12.2 Å². The summed E-state index contributed by atoms with van der Waals surface area (Å²) in [5, 5.41) is 0. The van der Waals surface area contributed by atoms with Gasteiger partial charge in [-0.15, -0.1) is 0 Å². The Hall–Kier alpha value is -0.980. The highest BCUT2D eigenvalue weighted by Gasteiger charge is 2.11. The van der Waals surface area contributed by atoms with E-state index >= 15 is 0 Å². The third-order valence-electron chi connectivity index (χ3n) is 1.90. The number of hydrogen-bond acceptors (Lipinski definition) is 4. The van der Waals surface area contributed by atoms with Crippen LogP contribution in [0.25, 0.3) is 0 Å². The van der Waals surface area contributed by atoms with Crippen molar-refractivity contribution in [3.05, 3.63) is 35.4 Å². The number of nitrogens with two attached hydrogens (primary N) is 1. The van der Waals surface area contributed by atoms with Crippen molar-refractivity contribution in [3.63, 3.8) is 0 Å². The van der Waals surface area contributed by atoms with Crippen molar-refractivity contribution in [2.75, 3.05) is 13.0 Å². The molecule has 0 heterocycles. The Morgan fingerprint density at radius 2 is 2.19 bits per heavy atom. The normalized spacial score (nSPS) is 11.3. The molecule has 4 nitrogen and oxygen atoms in total. The van der Waals surface area contributed by atoms with Gasteiger partial charge in [-0.25, -0.2) is 8.42 Å². The van der Waals surface area contributed by atoms with Gasteiger partial charge in [0.25, 0.3) is 0 Å². The lowest BCUT2D eigenvalue weighted by Gasteiger charge is -2.05. The SMILES string of the molecule is COCS(=O)(=O)Cc1cccc(C(N)=S)c1. The van der Waals surface area contributed by atoms with Gasteiger partial charge in [0.1, 0.15) is 10.9 Å².